The molecule has 0 saturated carbocycles. The van der Waals surface area contributed by atoms with Gasteiger partial charge >= 0.3 is 0 Å². The van der Waals surface area contributed by atoms with Crippen molar-refractivity contribution in [1.82, 2.24) is 5.32 Å². The summed E-state index contributed by atoms with van der Waals surface area (Å²) < 4.78 is 1.29. The molecule has 18 heavy (non-hydrogen) atoms. The summed E-state index contributed by atoms with van der Waals surface area (Å²) >= 11 is 4.21. The molecule has 1 aromatic heterocycles. The highest BCUT2D eigenvalue weighted by Gasteiger charge is 2.14. The van der Waals surface area contributed by atoms with E-state index in [9.17, 15) is 0 Å². The lowest BCUT2D eigenvalue weighted by Crippen LogP contribution is -2.18. The van der Waals surface area contributed by atoms with Crippen LogP contribution in [0.1, 0.15) is 29.0 Å². The van der Waals surface area contributed by atoms with Gasteiger partial charge in [0.15, 0.2) is 0 Å². The number of rotatable bonds is 5. The van der Waals surface area contributed by atoms with E-state index in [1.165, 1.54) is 19.6 Å². The Kier molecular flexibility index (Phi) is 5.21. The zero-order valence-corrected chi connectivity index (χ0v) is 13.7. The molecule has 0 aliphatic carbocycles. The largest absolute Gasteiger partial charge is 0.312 e. The number of benzene rings is 1. The maximum atomic E-state index is 3.45. The van der Waals surface area contributed by atoms with Crippen LogP contribution in [0.2, 0.25) is 0 Å². The SMILES string of the molecule is CCc1ccsc1C(Cc1ccc(I)cc1)NC. The summed E-state index contributed by atoms with van der Waals surface area (Å²) in [5.74, 6) is 0. The Balaban J connectivity index is 2.17. The molecule has 1 nitrogen and oxygen atoms in total. The molecule has 1 atom stereocenters. The molecule has 3 heteroatoms. The van der Waals surface area contributed by atoms with Crippen LogP contribution in [-0.2, 0) is 12.8 Å². The van der Waals surface area contributed by atoms with Crippen LogP contribution < -0.4 is 5.32 Å². The fourth-order valence-corrected chi connectivity index (χ4v) is 3.60. The Hall–Kier alpha value is -0.390. The molecule has 0 amide bonds. The third kappa shape index (κ3) is 3.33. The van der Waals surface area contributed by atoms with E-state index in [2.05, 4.69) is 77.6 Å². The summed E-state index contributed by atoms with van der Waals surface area (Å²) in [6.07, 6.45) is 2.17. The average Bonchev–Trinajstić information content (AvgIpc) is 2.86. The van der Waals surface area contributed by atoms with Crippen LogP contribution in [-0.4, -0.2) is 7.05 Å². The van der Waals surface area contributed by atoms with Crippen molar-refractivity contribution in [1.29, 1.82) is 0 Å². The fourth-order valence-electron chi connectivity index (χ4n) is 2.13. The van der Waals surface area contributed by atoms with Crippen LogP contribution in [0.4, 0.5) is 0 Å². The van der Waals surface area contributed by atoms with Gasteiger partial charge in [0.1, 0.15) is 0 Å². The van der Waals surface area contributed by atoms with E-state index in [4.69, 9.17) is 0 Å². The van der Waals surface area contributed by atoms with Gasteiger partial charge < -0.3 is 5.32 Å². The molecule has 1 aromatic carbocycles. The van der Waals surface area contributed by atoms with Gasteiger partial charge in [-0.3, -0.25) is 0 Å². The van der Waals surface area contributed by atoms with Gasteiger partial charge in [0.2, 0.25) is 0 Å². The van der Waals surface area contributed by atoms with Gasteiger partial charge in [0.05, 0.1) is 0 Å². The van der Waals surface area contributed by atoms with E-state index in [1.54, 1.807) is 0 Å². The van der Waals surface area contributed by atoms with Crippen molar-refractivity contribution >= 4 is 33.9 Å². The minimum Gasteiger partial charge on any atom is -0.312 e. The van der Waals surface area contributed by atoms with E-state index in [-0.39, 0.29) is 0 Å². The maximum absolute atomic E-state index is 3.45. The smallest absolute Gasteiger partial charge is 0.0456 e. The van der Waals surface area contributed by atoms with Crippen LogP contribution in [0.3, 0.4) is 0 Å². The summed E-state index contributed by atoms with van der Waals surface area (Å²) in [5, 5.41) is 5.65. The quantitative estimate of drug-likeness (QED) is 0.768. The highest BCUT2D eigenvalue weighted by molar-refractivity contribution is 14.1. The molecular formula is C15H18INS. The Morgan fingerprint density at radius 3 is 2.56 bits per heavy atom. The van der Waals surface area contributed by atoms with E-state index in [1.807, 2.05) is 11.3 Å². The van der Waals surface area contributed by atoms with Crippen molar-refractivity contribution in [3.63, 3.8) is 0 Å². The van der Waals surface area contributed by atoms with Crippen molar-refractivity contribution in [2.75, 3.05) is 7.05 Å². The molecule has 0 aliphatic heterocycles. The topological polar surface area (TPSA) is 12.0 Å². The van der Waals surface area contributed by atoms with Crippen LogP contribution in [0.15, 0.2) is 35.7 Å². The molecule has 0 spiro atoms. The molecule has 0 radical (unpaired) electrons. The number of hydrogen-bond donors (Lipinski definition) is 1. The van der Waals surface area contributed by atoms with E-state index in [0.29, 0.717) is 6.04 Å². The standard InChI is InChI=1S/C15H18INS/c1-3-12-8-9-18-15(12)14(17-2)10-11-4-6-13(16)7-5-11/h4-9,14,17H,3,10H2,1-2H3. The zero-order chi connectivity index (χ0) is 13.0. The van der Waals surface area contributed by atoms with Crippen molar-refractivity contribution in [2.24, 2.45) is 0 Å². The number of aryl methyl sites for hydroxylation is 1. The van der Waals surface area contributed by atoms with E-state index >= 15 is 0 Å². The van der Waals surface area contributed by atoms with Crippen LogP contribution in [0.25, 0.3) is 0 Å². The highest BCUT2D eigenvalue weighted by atomic mass is 127. The number of likely N-dealkylation sites (N-methyl/N-ethyl adjacent to an activating group) is 1. The number of hydrogen-bond acceptors (Lipinski definition) is 2. The summed E-state index contributed by atoms with van der Waals surface area (Å²) in [4.78, 5) is 1.48. The monoisotopic (exact) mass is 371 g/mol. The minimum atomic E-state index is 0.431. The lowest BCUT2D eigenvalue weighted by atomic mass is 10.0. The first-order chi connectivity index (χ1) is 8.74. The number of nitrogens with one attached hydrogen (secondary N) is 1. The maximum Gasteiger partial charge on any atom is 0.0456 e. The molecular weight excluding hydrogens is 353 g/mol. The third-order valence-corrected chi connectivity index (χ3v) is 4.97. The molecule has 1 N–H and O–H groups in total. The van der Waals surface area contributed by atoms with Gasteiger partial charge in [-0.25, -0.2) is 0 Å². The second-order valence-electron chi connectivity index (χ2n) is 4.34. The highest BCUT2D eigenvalue weighted by Crippen LogP contribution is 2.27. The normalized spacial score (nSPS) is 12.6. The molecule has 0 aliphatic rings. The lowest BCUT2D eigenvalue weighted by molar-refractivity contribution is 0.597. The first-order valence-electron chi connectivity index (χ1n) is 6.22. The first-order valence-corrected chi connectivity index (χ1v) is 8.18. The lowest BCUT2D eigenvalue weighted by Gasteiger charge is -2.16. The van der Waals surface area contributed by atoms with E-state index in [0.717, 1.165) is 12.8 Å². The molecule has 2 aromatic rings. The summed E-state index contributed by atoms with van der Waals surface area (Å²) in [5.41, 5.74) is 2.87. The molecule has 0 fully saturated rings. The molecule has 1 unspecified atom stereocenters. The second-order valence-corrected chi connectivity index (χ2v) is 6.53. The summed E-state index contributed by atoms with van der Waals surface area (Å²) in [6, 6.07) is 11.5. The van der Waals surface area contributed by atoms with Gasteiger partial charge in [-0.15, -0.1) is 11.3 Å². The fraction of sp³-hybridized carbons (Fsp3) is 0.333. The van der Waals surface area contributed by atoms with Crippen LogP contribution in [0.5, 0.6) is 0 Å². The average molecular weight is 371 g/mol. The van der Waals surface area contributed by atoms with Crippen molar-refractivity contribution < 1.29 is 0 Å². The Morgan fingerprint density at radius 1 is 1.22 bits per heavy atom. The Bertz CT molecular complexity index is 489. The minimum absolute atomic E-state index is 0.431. The predicted octanol–water partition coefficient (Wildman–Crippen LogP) is 4.42. The predicted molar refractivity (Wildman–Crippen MR) is 88.4 cm³/mol. The van der Waals surface area contributed by atoms with Crippen LogP contribution in [0, 0.1) is 3.57 Å². The van der Waals surface area contributed by atoms with Gasteiger partial charge in [-0.05, 0) is 77.2 Å². The van der Waals surface area contributed by atoms with Gasteiger partial charge in [0, 0.05) is 14.5 Å². The molecule has 0 bridgehead atoms. The van der Waals surface area contributed by atoms with Gasteiger partial charge in [-0.1, -0.05) is 19.1 Å². The second kappa shape index (κ2) is 6.68. The third-order valence-electron chi connectivity index (χ3n) is 3.18. The van der Waals surface area contributed by atoms with Gasteiger partial charge in [0.25, 0.3) is 0 Å². The van der Waals surface area contributed by atoms with Crippen molar-refractivity contribution in [3.8, 4) is 0 Å². The summed E-state index contributed by atoms with van der Waals surface area (Å²) in [6.45, 7) is 2.23. The van der Waals surface area contributed by atoms with Crippen molar-refractivity contribution in [2.45, 2.75) is 25.8 Å². The zero-order valence-electron chi connectivity index (χ0n) is 10.7. The molecule has 0 saturated heterocycles. The van der Waals surface area contributed by atoms with Crippen molar-refractivity contribution in [3.05, 3.63) is 55.3 Å². The number of halogens is 1. The molecule has 2 rings (SSSR count). The summed E-state index contributed by atoms with van der Waals surface area (Å²) in [7, 11) is 2.05. The Morgan fingerprint density at radius 2 is 1.94 bits per heavy atom. The first kappa shape index (κ1) is 14.0. The molecule has 96 valence electrons. The van der Waals surface area contributed by atoms with Gasteiger partial charge in [-0.2, -0.15) is 0 Å². The van der Waals surface area contributed by atoms with Crippen LogP contribution >= 0.6 is 33.9 Å². The number of thiophene rings is 1. The molecule has 1 heterocycles. The Labute approximate surface area is 127 Å². The van der Waals surface area contributed by atoms with E-state index < -0.39 is 0 Å².